The van der Waals surface area contributed by atoms with Crippen LogP contribution in [0, 0.1) is 0 Å². The van der Waals surface area contributed by atoms with E-state index in [1.54, 1.807) is 0 Å². The number of alkyl halides is 1. The zero-order valence-electron chi connectivity index (χ0n) is 10.9. The van der Waals surface area contributed by atoms with Gasteiger partial charge in [0.05, 0.1) is 0 Å². The van der Waals surface area contributed by atoms with Gasteiger partial charge in [0.25, 0.3) is 0 Å². The third kappa shape index (κ3) is 9.02. The Kier molecular flexibility index (Phi) is 9.80. The largest absolute Gasteiger partial charge is 0.353 e. The minimum atomic E-state index is -0.353. The summed E-state index contributed by atoms with van der Waals surface area (Å²) in [6.07, 6.45) is 8.21. The molecule has 0 aliphatic heterocycles. The van der Waals surface area contributed by atoms with Crippen molar-refractivity contribution >= 4 is 17.5 Å². The van der Waals surface area contributed by atoms with Gasteiger partial charge in [-0.25, -0.2) is 0 Å². The standard InChI is InChI=1S/C13H26ClNO/c1-4-5-6-7-8-9-10-12(14)13(16)15-11(2)3/h11-12H,4-10H2,1-3H3,(H,15,16). The molecule has 0 aliphatic rings. The Morgan fingerprint density at radius 1 is 1.12 bits per heavy atom. The first kappa shape index (κ1) is 15.8. The number of halogens is 1. The van der Waals surface area contributed by atoms with Crippen molar-refractivity contribution in [3.63, 3.8) is 0 Å². The zero-order chi connectivity index (χ0) is 12.4. The van der Waals surface area contributed by atoms with Crippen molar-refractivity contribution in [2.24, 2.45) is 0 Å². The number of rotatable bonds is 9. The first-order chi connectivity index (χ1) is 7.57. The number of carbonyl (C=O) groups is 1. The van der Waals surface area contributed by atoms with E-state index in [2.05, 4.69) is 12.2 Å². The van der Waals surface area contributed by atoms with Crippen LogP contribution in [0.1, 0.15) is 65.7 Å². The smallest absolute Gasteiger partial charge is 0.238 e. The van der Waals surface area contributed by atoms with Crippen molar-refractivity contribution in [3.8, 4) is 0 Å². The van der Waals surface area contributed by atoms with Gasteiger partial charge < -0.3 is 5.32 Å². The van der Waals surface area contributed by atoms with Gasteiger partial charge >= 0.3 is 0 Å². The molecule has 1 atom stereocenters. The van der Waals surface area contributed by atoms with Crippen LogP contribution in [0.2, 0.25) is 0 Å². The lowest BCUT2D eigenvalue weighted by molar-refractivity contribution is -0.121. The fourth-order valence-electron chi connectivity index (χ4n) is 1.61. The fourth-order valence-corrected chi connectivity index (χ4v) is 1.83. The molecule has 1 N–H and O–H groups in total. The number of amides is 1. The Morgan fingerprint density at radius 2 is 1.69 bits per heavy atom. The SMILES string of the molecule is CCCCCCCCC(Cl)C(=O)NC(C)C. The maximum atomic E-state index is 11.5. The molecule has 0 fully saturated rings. The molecule has 0 saturated heterocycles. The number of hydrogen-bond acceptors (Lipinski definition) is 1. The summed E-state index contributed by atoms with van der Waals surface area (Å²) in [5.41, 5.74) is 0. The molecule has 3 heteroatoms. The van der Waals surface area contributed by atoms with Crippen molar-refractivity contribution in [2.45, 2.75) is 77.1 Å². The van der Waals surface area contributed by atoms with Crippen molar-refractivity contribution < 1.29 is 4.79 Å². The zero-order valence-corrected chi connectivity index (χ0v) is 11.6. The highest BCUT2D eigenvalue weighted by molar-refractivity contribution is 6.30. The molecule has 0 aromatic rings. The van der Waals surface area contributed by atoms with Crippen molar-refractivity contribution in [2.75, 3.05) is 0 Å². The van der Waals surface area contributed by atoms with Crippen LogP contribution in [-0.2, 0) is 4.79 Å². The second-order valence-electron chi connectivity index (χ2n) is 4.69. The topological polar surface area (TPSA) is 29.1 Å². The van der Waals surface area contributed by atoms with E-state index in [-0.39, 0.29) is 17.3 Å². The molecule has 1 amide bonds. The van der Waals surface area contributed by atoms with Gasteiger partial charge in [-0.3, -0.25) is 4.79 Å². The first-order valence-corrected chi connectivity index (χ1v) is 6.96. The number of hydrogen-bond donors (Lipinski definition) is 1. The van der Waals surface area contributed by atoms with E-state index >= 15 is 0 Å². The normalized spacial score (nSPS) is 12.8. The number of carbonyl (C=O) groups excluding carboxylic acids is 1. The molecule has 0 heterocycles. The van der Waals surface area contributed by atoms with Gasteiger partial charge in [-0.2, -0.15) is 0 Å². The van der Waals surface area contributed by atoms with Gasteiger partial charge in [-0.05, 0) is 20.3 Å². The van der Waals surface area contributed by atoms with Gasteiger partial charge in [-0.15, -0.1) is 11.6 Å². The quantitative estimate of drug-likeness (QED) is 0.486. The number of nitrogens with one attached hydrogen (secondary N) is 1. The molecule has 96 valence electrons. The molecular weight excluding hydrogens is 222 g/mol. The average Bonchev–Trinajstić information content (AvgIpc) is 2.21. The summed E-state index contributed by atoms with van der Waals surface area (Å²) in [5, 5.41) is 2.48. The fraction of sp³-hybridized carbons (Fsp3) is 0.923. The minimum Gasteiger partial charge on any atom is -0.353 e. The molecule has 16 heavy (non-hydrogen) atoms. The van der Waals surface area contributed by atoms with Gasteiger partial charge in [0.1, 0.15) is 5.38 Å². The Bertz CT molecular complexity index is 183. The van der Waals surface area contributed by atoms with Gasteiger partial charge in [0, 0.05) is 6.04 Å². The van der Waals surface area contributed by atoms with Crippen LogP contribution in [0.4, 0.5) is 0 Å². The minimum absolute atomic E-state index is 0.0229. The predicted octanol–water partition coefficient (Wildman–Crippen LogP) is 3.87. The van der Waals surface area contributed by atoms with Crippen LogP contribution in [0.5, 0.6) is 0 Å². The summed E-state index contributed by atoms with van der Waals surface area (Å²) in [5.74, 6) is -0.0229. The monoisotopic (exact) mass is 247 g/mol. The Balaban J connectivity index is 3.42. The number of unbranched alkanes of at least 4 members (excludes halogenated alkanes) is 5. The van der Waals surface area contributed by atoms with E-state index in [0.717, 1.165) is 12.8 Å². The van der Waals surface area contributed by atoms with E-state index in [4.69, 9.17) is 11.6 Å². The molecule has 0 saturated carbocycles. The molecule has 2 nitrogen and oxygen atoms in total. The molecule has 1 unspecified atom stereocenters. The molecule has 0 radical (unpaired) electrons. The summed E-state index contributed by atoms with van der Waals surface area (Å²) in [4.78, 5) is 11.5. The van der Waals surface area contributed by atoms with E-state index < -0.39 is 0 Å². The lowest BCUT2D eigenvalue weighted by atomic mass is 10.1. The third-order valence-corrected chi connectivity index (χ3v) is 2.94. The van der Waals surface area contributed by atoms with Gasteiger partial charge in [-0.1, -0.05) is 45.4 Å². The third-order valence-electron chi connectivity index (χ3n) is 2.53. The molecule has 0 aromatic carbocycles. The van der Waals surface area contributed by atoms with Crippen LogP contribution in [0.15, 0.2) is 0 Å². The lowest BCUT2D eigenvalue weighted by Crippen LogP contribution is -2.36. The first-order valence-electron chi connectivity index (χ1n) is 6.52. The van der Waals surface area contributed by atoms with E-state index in [1.807, 2.05) is 13.8 Å². The maximum absolute atomic E-state index is 11.5. The lowest BCUT2D eigenvalue weighted by Gasteiger charge is -2.12. The maximum Gasteiger partial charge on any atom is 0.238 e. The van der Waals surface area contributed by atoms with Crippen LogP contribution in [0.3, 0.4) is 0 Å². The van der Waals surface area contributed by atoms with Crippen LogP contribution in [0.25, 0.3) is 0 Å². The summed E-state index contributed by atoms with van der Waals surface area (Å²) >= 11 is 6.00. The molecule has 0 aromatic heterocycles. The Hall–Kier alpha value is -0.240. The summed E-state index contributed by atoms with van der Waals surface area (Å²) in [6, 6.07) is 0.179. The van der Waals surface area contributed by atoms with Crippen molar-refractivity contribution in [3.05, 3.63) is 0 Å². The Labute approximate surface area is 105 Å². The highest BCUT2D eigenvalue weighted by atomic mass is 35.5. The predicted molar refractivity (Wildman–Crippen MR) is 70.9 cm³/mol. The van der Waals surface area contributed by atoms with Crippen LogP contribution < -0.4 is 5.32 Å². The highest BCUT2D eigenvalue weighted by Gasteiger charge is 2.14. The average molecular weight is 248 g/mol. The molecule has 0 spiro atoms. The van der Waals surface area contributed by atoms with E-state index in [9.17, 15) is 4.79 Å². The highest BCUT2D eigenvalue weighted by Crippen LogP contribution is 2.12. The molecule has 0 aliphatic carbocycles. The summed E-state index contributed by atoms with van der Waals surface area (Å²) in [6.45, 7) is 6.11. The van der Waals surface area contributed by atoms with Crippen LogP contribution in [-0.4, -0.2) is 17.3 Å². The summed E-state index contributed by atoms with van der Waals surface area (Å²) in [7, 11) is 0. The van der Waals surface area contributed by atoms with Crippen molar-refractivity contribution in [1.82, 2.24) is 5.32 Å². The molecular formula is C13H26ClNO. The summed E-state index contributed by atoms with van der Waals surface area (Å²) < 4.78 is 0. The molecule has 0 bridgehead atoms. The van der Waals surface area contributed by atoms with Gasteiger partial charge in [0.15, 0.2) is 0 Å². The van der Waals surface area contributed by atoms with E-state index in [1.165, 1.54) is 32.1 Å². The van der Waals surface area contributed by atoms with Crippen LogP contribution >= 0.6 is 11.6 Å². The second kappa shape index (κ2) is 9.95. The molecule has 0 rings (SSSR count). The van der Waals surface area contributed by atoms with Gasteiger partial charge in [0.2, 0.25) is 5.91 Å². The second-order valence-corrected chi connectivity index (χ2v) is 5.21. The Morgan fingerprint density at radius 3 is 2.25 bits per heavy atom. The van der Waals surface area contributed by atoms with E-state index in [0.29, 0.717) is 0 Å². The van der Waals surface area contributed by atoms with Crippen molar-refractivity contribution in [1.29, 1.82) is 0 Å².